The van der Waals surface area contributed by atoms with Gasteiger partial charge in [-0.15, -0.1) is 11.3 Å². The maximum atomic E-state index is 12.6. The van der Waals surface area contributed by atoms with E-state index in [1.165, 1.54) is 34.8 Å². The number of aromatic nitrogens is 2. The van der Waals surface area contributed by atoms with Crippen LogP contribution >= 0.6 is 11.3 Å². The fourth-order valence-corrected chi connectivity index (χ4v) is 4.17. The zero-order valence-electron chi connectivity index (χ0n) is 14.2. The Hall–Kier alpha value is -2.28. The van der Waals surface area contributed by atoms with Crippen LogP contribution in [-0.2, 0) is 17.6 Å². The van der Waals surface area contributed by atoms with Gasteiger partial charge in [0.05, 0.1) is 18.4 Å². The lowest BCUT2D eigenvalue weighted by atomic mass is 10.1. The number of nitrogens with one attached hydrogen (secondary N) is 1. The third-order valence-electron chi connectivity index (χ3n) is 4.09. The largest absolute Gasteiger partial charge is 0.462 e. The summed E-state index contributed by atoms with van der Waals surface area (Å²) in [5.74, 6) is -0.718. The summed E-state index contributed by atoms with van der Waals surface area (Å²) in [7, 11) is 0. The summed E-state index contributed by atoms with van der Waals surface area (Å²) >= 11 is 1.48. The summed E-state index contributed by atoms with van der Waals surface area (Å²) in [6.45, 7) is 2.33. The normalized spacial score (nSPS) is 13.6. The molecule has 132 valence electrons. The molecule has 0 bridgehead atoms. The maximum absolute atomic E-state index is 12.6. The molecule has 6 nitrogen and oxygen atoms in total. The average Bonchev–Trinajstić information content (AvgIpc) is 2.81. The van der Waals surface area contributed by atoms with Crippen LogP contribution < -0.4 is 5.32 Å². The van der Waals surface area contributed by atoms with Gasteiger partial charge >= 0.3 is 5.97 Å². The first-order valence-corrected chi connectivity index (χ1v) is 9.41. The zero-order valence-corrected chi connectivity index (χ0v) is 15.0. The van der Waals surface area contributed by atoms with E-state index >= 15 is 0 Å². The first kappa shape index (κ1) is 17.5. The molecule has 0 atom stereocenters. The fourth-order valence-electron chi connectivity index (χ4n) is 2.90. The summed E-state index contributed by atoms with van der Waals surface area (Å²) in [6, 6.07) is 0. The number of hydrogen-bond donors (Lipinski definition) is 1. The minimum atomic E-state index is -0.367. The molecule has 1 aliphatic carbocycles. The number of thiophene rings is 1. The molecule has 7 heteroatoms. The molecule has 0 spiro atoms. The molecule has 0 fully saturated rings. The van der Waals surface area contributed by atoms with Gasteiger partial charge < -0.3 is 10.1 Å². The molecule has 1 N–H and O–H groups in total. The van der Waals surface area contributed by atoms with E-state index in [9.17, 15) is 9.59 Å². The zero-order chi connectivity index (χ0) is 17.6. The summed E-state index contributed by atoms with van der Waals surface area (Å²) in [5, 5.41) is 3.40. The molecule has 25 heavy (non-hydrogen) atoms. The molecule has 0 aliphatic heterocycles. The second kappa shape index (κ2) is 8.20. The van der Waals surface area contributed by atoms with Gasteiger partial charge in [-0.05, 0) is 37.7 Å². The standard InChI is InChI=1S/C18H21N3O3S/c1-2-10-24-18(23)15-12-6-4-3-5-7-14(12)25-17(15)21-16(22)13-11-19-8-9-20-13/h8-9,11H,2-7,10H2,1H3,(H,21,22). The van der Waals surface area contributed by atoms with Crippen LogP contribution in [0.3, 0.4) is 0 Å². The number of carbonyl (C=O) groups is 2. The van der Waals surface area contributed by atoms with Crippen LogP contribution in [0.1, 0.15) is 63.9 Å². The van der Waals surface area contributed by atoms with E-state index in [4.69, 9.17) is 4.74 Å². The number of nitrogens with zero attached hydrogens (tertiary/aromatic N) is 2. The van der Waals surface area contributed by atoms with Crippen molar-refractivity contribution in [1.29, 1.82) is 0 Å². The van der Waals surface area contributed by atoms with Crippen molar-refractivity contribution in [3.8, 4) is 0 Å². The topological polar surface area (TPSA) is 81.2 Å². The Labute approximate surface area is 150 Å². The minimum absolute atomic E-state index is 0.221. The third kappa shape index (κ3) is 4.04. The summed E-state index contributed by atoms with van der Waals surface area (Å²) in [4.78, 5) is 34.1. The van der Waals surface area contributed by atoms with E-state index in [1.54, 1.807) is 0 Å². The highest BCUT2D eigenvalue weighted by atomic mass is 32.1. The van der Waals surface area contributed by atoms with E-state index in [0.717, 1.165) is 44.1 Å². The smallest absolute Gasteiger partial charge is 0.341 e. The molecule has 2 heterocycles. The van der Waals surface area contributed by atoms with Crippen molar-refractivity contribution in [2.75, 3.05) is 11.9 Å². The molecule has 1 aliphatic rings. The maximum Gasteiger partial charge on any atom is 0.341 e. The van der Waals surface area contributed by atoms with Crippen molar-refractivity contribution in [3.63, 3.8) is 0 Å². The lowest BCUT2D eigenvalue weighted by molar-refractivity contribution is 0.0505. The van der Waals surface area contributed by atoms with Crippen LogP contribution in [0.25, 0.3) is 0 Å². The number of rotatable bonds is 5. The highest BCUT2D eigenvalue weighted by Gasteiger charge is 2.27. The Morgan fingerprint density at radius 2 is 2.08 bits per heavy atom. The molecule has 0 unspecified atom stereocenters. The highest BCUT2D eigenvalue weighted by molar-refractivity contribution is 7.17. The van der Waals surface area contributed by atoms with Gasteiger partial charge in [0, 0.05) is 17.3 Å². The van der Waals surface area contributed by atoms with Gasteiger partial charge in [-0.2, -0.15) is 0 Å². The summed E-state index contributed by atoms with van der Waals surface area (Å²) in [6.07, 6.45) is 10.3. The van der Waals surface area contributed by atoms with Crippen LogP contribution in [0, 0.1) is 0 Å². The molecule has 2 aromatic heterocycles. The molecule has 0 saturated heterocycles. The molecule has 0 saturated carbocycles. The van der Waals surface area contributed by atoms with Crippen molar-refractivity contribution in [2.45, 2.75) is 45.4 Å². The predicted octanol–water partition coefficient (Wildman–Crippen LogP) is 3.63. The molecular weight excluding hydrogens is 338 g/mol. The molecule has 0 aromatic carbocycles. The summed E-state index contributed by atoms with van der Waals surface area (Å²) in [5.41, 5.74) is 1.78. The van der Waals surface area contributed by atoms with Gasteiger partial charge in [0.2, 0.25) is 0 Å². The number of carbonyl (C=O) groups excluding carboxylic acids is 2. The second-order valence-corrected chi connectivity index (χ2v) is 7.05. The van der Waals surface area contributed by atoms with Crippen molar-refractivity contribution in [3.05, 3.63) is 40.3 Å². The molecule has 2 aromatic rings. The van der Waals surface area contributed by atoms with Crippen molar-refractivity contribution in [2.24, 2.45) is 0 Å². The number of amides is 1. The van der Waals surface area contributed by atoms with Crippen LogP contribution in [0.4, 0.5) is 5.00 Å². The Morgan fingerprint density at radius 1 is 1.24 bits per heavy atom. The monoisotopic (exact) mass is 359 g/mol. The van der Waals surface area contributed by atoms with E-state index in [1.807, 2.05) is 6.92 Å². The number of ether oxygens (including phenoxy) is 1. The van der Waals surface area contributed by atoms with Crippen molar-refractivity contribution >= 4 is 28.2 Å². The lowest BCUT2D eigenvalue weighted by Crippen LogP contribution is -2.16. The van der Waals surface area contributed by atoms with Crippen molar-refractivity contribution in [1.82, 2.24) is 9.97 Å². The van der Waals surface area contributed by atoms with Crippen molar-refractivity contribution < 1.29 is 14.3 Å². The van der Waals surface area contributed by atoms with E-state index in [-0.39, 0.29) is 17.6 Å². The Bertz CT molecular complexity index is 758. The Morgan fingerprint density at radius 3 is 2.84 bits per heavy atom. The van der Waals surface area contributed by atoms with E-state index < -0.39 is 0 Å². The van der Waals surface area contributed by atoms with Crippen LogP contribution in [-0.4, -0.2) is 28.5 Å². The van der Waals surface area contributed by atoms with Gasteiger partial charge in [-0.3, -0.25) is 9.78 Å². The Balaban J connectivity index is 1.92. The Kier molecular flexibility index (Phi) is 5.75. The number of anilines is 1. The number of esters is 1. The third-order valence-corrected chi connectivity index (χ3v) is 5.29. The molecular formula is C18H21N3O3S. The fraction of sp³-hybridized carbons (Fsp3) is 0.444. The van der Waals surface area contributed by atoms with Crippen LogP contribution in [0.2, 0.25) is 0 Å². The van der Waals surface area contributed by atoms with Gasteiger partial charge in [0.1, 0.15) is 10.7 Å². The van der Waals surface area contributed by atoms with Gasteiger partial charge in [0.15, 0.2) is 0 Å². The second-order valence-electron chi connectivity index (χ2n) is 5.95. The quantitative estimate of drug-likeness (QED) is 0.651. The van der Waals surface area contributed by atoms with Gasteiger partial charge in [0.25, 0.3) is 5.91 Å². The molecule has 0 radical (unpaired) electrons. The highest BCUT2D eigenvalue weighted by Crippen LogP contribution is 2.38. The van der Waals surface area contributed by atoms with Gasteiger partial charge in [-0.25, -0.2) is 9.78 Å². The molecule has 1 amide bonds. The first-order chi connectivity index (χ1) is 12.2. The SMILES string of the molecule is CCCOC(=O)c1c(NC(=O)c2cnccn2)sc2c1CCCCC2. The van der Waals surface area contributed by atoms with E-state index in [2.05, 4.69) is 15.3 Å². The first-order valence-electron chi connectivity index (χ1n) is 8.59. The van der Waals surface area contributed by atoms with Gasteiger partial charge in [-0.1, -0.05) is 13.3 Å². The molecule has 3 rings (SSSR count). The number of fused-ring (bicyclic) bond motifs is 1. The predicted molar refractivity (Wildman–Crippen MR) is 96.1 cm³/mol. The van der Waals surface area contributed by atoms with Crippen LogP contribution in [0.15, 0.2) is 18.6 Å². The average molecular weight is 359 g/mol. The van der Waals surface area contributed by atoms with Crippen LogP contribution in [0.5, 0.6) is 0 Å². The summed E-state index contributed by atoms with van der Waals surface area (Å²) < 4.78 is 5.36. The lowest BCUT2D eigenvalue weighted by Gasteiger charge is -2.08. The minimum Gasteiger partial charge on any atom is -0.462 e. The number of aryl methyl sites for hydroxylation is 1. The van der Waals surface area contributed by atoms with E-state index in [0.29, 0.717) is 17.2 Å². The number of hydrogen-bond acceptors (Lipinski definition) is 6.